The number of hydrogen-bond acceptors (Lipinski definition) is 5. The molecule has 1 fully saturated rings. The molecule has 1 atom stereocenters. The number of carboxylic acid groups (broad SMARTS) is 1. The van der Waals surface area contributed by atoms with Gasteiger partial charge in [-0.1, -0.05) is 0 Å². The molecule has 4 heterocycles. The van der Waals surface area contributed by atoms with Gasteiger partial charge in [-0.3, -0.25) is 0 Å². The van der Waals surface area contributed by atoms with E-state index in [1.54, 1.807) is 0 Å². The van der Waals surface area contributed by atoms with Crippen molar-refractivity contribution in [3.8, 4) is 16.9 Å². The number of aliphatic carboxylic acids is 1. The van der Waals surface area contributed by atoms with E-state index in [0.29, 0.717) is 47.1 Å². The summed E-state index contributed by atoms with van der Waals surface area (Å²) in [6, 6.07) is 1.51. The van der Waals surface area contributed by atoms with Gasteiger partial charge in [0.15, 0.2) is 17.7 Å². The number of rotatable bonds is 6. The lowest BCUT2D eigenvalue weighted by Gasteiger charge is -2.29. The van der Waals surface area contributed by atoms with Gasteiger partial charge in [0.25, 0.3) is 0 Å². The van der Waals surface area contributed by atoms with E-state index in [-0.39, 0.29) is 0 Å². The third kappa shape index (κ3) is 5.12. The predicted molar refractivity (Wildman–Crippen MR) is 153 cm³/mol. The molecule has 0 unspecified atom stereocenters. The number of benzene rings is 1. The second kappa shape index (κ2) is 10.8. The summed E-state index contributed by atoms with van der Waals surface area (Å²) < 4.78 is 35.4. The Morgan fingerprint density at radius 1 is 1.18 bits per heavy atom. The van der Waals surface area contributed by atoms with Crippen molar-refractivity contribution in [2.75, 3.05) is 19.8 Å². The molecule has 2 aliphatic heterocycles. The van der Waals surface area contributed by atoms with Crippen molar-refractivity contribution in [1.29, 1.82) is 0 Å². The van der Waals surface area contributed by atoms with E-state index in [1.807, 2.05) is 34.6 Å². The fraction of sp³-hybridized carbons (Fsp3) is 0.562. The molecule has 8 heteroatoms. The SMILES string of the molecule is Cc1nc2c(c(C)c(C)n2CC2CCOCC2)c(-c2cc(F)c3c(c2C)CCCO3)c1[C@H](OC(C)(C)C)C(=O)O. The minimum absolute atomic E-state index is 0.307. The Bertz CT molecular complexity index is 1460. The number of halogens is 1. The molecule has 1 saturated heterocycles. The number of carboxylic acids is 1. The Labute approximate surface area is 235 Å². The molecular formula is C32H41FN2O5. The van der Waals surface area contributed by atoms with Gasteiger partial charge in [0.2, 0.25) is 0 Å². The number of ether oxygens (including phenoxy) is 3. The van der Waals surface area contributed by atoms with Gasteiger partial charge in [-0.15, -0.1) is 0 Å². The first-order valence-corrected chi connectivity index (χ1v) is 14.3. The van der Waals surface area contributed by atoms with Crippen LogP contribution >= 0.6 is 0 Å². The Morgan fingerprint density at radius 3 is 2.52 bits per heavy atom. The van der Waals surface area contributed by atoms with Gasteiger partial charge < -0.3 is 23.9 Å². The van der Waals surface area contributed by atoms with Crippen molar-refractivity contribution >= 4 is 17.0 Å². The Balaban J connectivity index is 1.85. The molecule has 1 N–H and O–H groups in total. The molecule has 5 rings (SSSR count). The molecule has 0 amide bonds. The van der Waals surface area contributed by atoms with Crippen LogP contribution < -0.4 is 4.74 Å². The van der Waals surface area contributed by atoms with Crippen molar-refractivity contribution in [3.05, 3.63) is 45.5 Å². The van der Waals surface area contributed by atoms with Gasteiger partial charge in [0, 0.05) is 53.2 Å². The number of nitrogens with zero attached hydrogens (tertiary/aromatic N) is 2. The van der Waals surface area contributed by atoms with Crippen LogP contribution in [0.5, 0.6) is 5.75 Å². The summed E-state index contributed by atoms with van der Waals surface area (Å²) in [5.41, 5.74) is 6.30. The topological polar surface area (TPSA) is 82.8 Å². The summed E-state index contributed by atoms with van der Waals surface area (Å²) in [6.07, 6.45) is 2.20. The van der Waals surface area contributed by atoms with E-state index < -0.39 is 23.5 Å². The third-order valence-corrected chi connectivity index (χ3v) is 8.43. The number of aromatic nitrogens is 2. The van der Waals surface area contributed by atoms with Crippen molar-refractivity contribution in [2.24, 2.45) is 5.92 Å². The number of fused-ring (bicyclic) bond motifs is 2. The average Bonchev–Trinajstić information content (AvgIpc) is 3.13. The lowest BCUT2D eigenvalue weighted by molar-refractivity contribution is -0.160. The van der Waals surface area contributed by atoms with E-state index in [9.17, 15) is 9.90 Å². The van der Waals surface area contributed by atoms with Gasteiger partial charge >= 0.3 is 5.97 Å². The highest BCUT2D eigenvalue weighted by Gasteiger charge is 2.35. The highest BCUT2D eigenvalue weighted by molar-refractivity contribution is 6.01. The molecule has 40 heavy (non-hydrogen) atoms. The number of carbonyl (C=O) groups is 1. The molecule has 2 aliphatic rings. The highest BCUT2D eigenvalue weighted by atomic mass is 19.1. The zero-order valence-electron chi connectivity index (χ0n) is 24.7. The third-order valence-electron chi connectivity index (χ3n) is 8.43. The van der Waals surface area contributed by atoms with Crippen LogP contribution in [0.1, 0.15) is 79.8 Å². The molecule has 0 saturated carbocycles. The molecule has 2 aromatic heterocycles. The largest absolute Gasteiger partial charge is 0.490 e. The summed E-state index contributed by atoms with van der Waals surface area (Å²) in [5, 5.41) is 11.3. The van der Waals surface area contributed by atoms with Crippen LogP contribution in [-0.2, 0) is 27.2 Å². The zero-order chi connectivity index (χ0) is 28.9. The monoisotopic (exact) mass is 552 g/mol. The summed E-state index contributed by atoms with van der Waals surface area (Å²) >= 11 is 0. The molecule has 0 spiro atoms. The minimum atomic E-state index is -1.28. The quantitative estimate of drug-likeness (QED) is 0.364. The maximum absolute atomic E-state index is 15.6. The van der Waals surface area contributed by atoms with Gasteiger partial charge in [-0.05, 0) is 103 Å². The van der Waals surface area contributed by atoms with Crippen molar-refractivity contribution in [3.63, 3.8) is 0 Å². The first-order valence-electron chi connectivity index (χ1n) is 14.3. The zero-order valence-corrected chi connectivity index (χ0v) is 24.7. The second-order valence-corrected chi connectivity index (χ2v) is 12.3. The van der Waals surface area contributed by atoms with Crippen molar-refractivity contribution in [1.82, 2.24) is 9.55 Å². The number of pyridine rings is 1. The van der Waals surface area contributed by atoms with Crippen LogP contribution in [0, 0.1) is 39.4 Å². The van der Waals surface area contributed by atoms with Crippen LogP contribution in [0.2, 0.25) is 0 Å². The number of hydrogen-bond donors (Lipinski definition) is 1. The van der Waals surface area contributed by atoms with Crippen molar-refractivity contribution in [2.45, 2.75) is 92.4 Å². The molecular weight excluding hydrogens is 511 g/mol. The average molecular weight is 553 g/mol. The molecule has 0 aliphatic carbocycles. The molecule has 1 aromatic carbocycles. The van der Waals surface area contributed by atoms with Crippen LogP contribution in [0.15, 0.2) is 6.07 Å². The predicted octanol–water partition coefficient (Wildman–Crippen LogP) is 6.77. The molecule has 3 aromatic rings. The van der Waals surface area contributed by atoms with E-state index in [0.717, 1.165) is 72.4 Å². The second-order valence-electron chi connectivity index (χ2n) is 12.3. The van der Waals surface area contributed by atoms with Crippen molar-refractivity contribution < 1.29 is 28.5 Å². The van der Waals surface area contributed by atoms with E-state index in [4.69, 9.17) is 19.2 Å². The fourth-order valence-corrected chi connectivity index (χ4v) is 6.31. The van der Waals surface area contributed by atoms with Crippen LogP contribution in [0.25, 0.3) is 22.2 Å². The van der Waals surface area contributed by atoms with Gasteiger partial charge in [0.1, 0.15) is 5.65 Å². The normalized spacial score (nSPS) is 17.1. The van der Waals surface area contributed by atoms with E-state index in [2.05, 4.69) is 18.4 Å². The summed E-state index contributed by atoms with van der Waals surface area (Å²) in [5.74, 6) is -0.759. The maximum Gasteiger partial charge on any atom is 0.337 e. The first kappa shape index (κ1) is 28.6. The molecule has 0 bridgehead atoms. The summed E-state index contributed by atoms with van der Waals surface area (Å²) in [7, 11) is 0. The lowest BCUT2D eigenvalue weighted by Crippen LogP contribution is -2.28. The lowest BCUT2D eigenvalue weighted by atomic mass is 9.86. The minimum Gasteiger partial charge on any atom is -0.490 e. The molecule has 216 valence electrons. The standard InChI is InChI=1S/C32H41FN2O5/c1-17-20(4)35(16-21-10-13-38-14-11-21)30-25(17)27(23-15-24(33)28-22(18(23)2)9-8-12-39-28)26(19(3)34-30)29(31(36)37)40-32(5,6)7/h15,21,29H,8-14,16H2,1-7H3,(H,36,37)/t29-/m0/s1. The Kier molecular flexibility index (Phi) is 7.70. The maximum atomic E-state index is 15.6. The van der Waals surface area contributed by atoms with E-state index >= 15 is 4.39 Å². The number of aryl methyl sites for hydroxylation is 2. The Morgan fingerprint density at radius 2 is 1.88 bits per heavy atom. The van der Waals surface area contributed by atoms with Crippen LogP contribution in [0.4, 0.5) is 4.39 Å². The fourth-order valence-electron chi connectivity index (χ4n) is 6.31. The van der Waals surface area contributed by atoms with Crippen LogP contribution in [0.3, 0.4) is 0 Å². The molecule has 0 radical (unpaired) electrons. The van der Waals surface area contributed by atoms with Crippen LogP contribution in [-0.4, -0.2) is 46.0 Å². The van der Waals surface area contributed by atoms with Gasteiger partial charge in [0.05, 0.1) is 12.2 Å². The Hall–Kier alpha value is -2.97. The first-order chi connectivity index (χ1) is 18.9. The van der Waals surface area contributed by atoms with Gasteiger partial charge in [-0.2, -0.15) is 0 Å². The van der Waals surface area contributed by atoms with Gasteiger partial charge in [-0.25, -0.2) is 14.2 Å². The van der Waals surface area contributed by atoms with E-state index in [1.165, 1.54) is 6.07 Å². The smallest absolute Gasteiger partial charge is 0.337 e. The molecule has 7 nitrogen and oxygen atoms in total. The summed E-state index contributed by atoms with van der Waals surface area (Å²) in [6.45, 7) is 16.3. The summed E-state index contributed by atoms with van der Waals surface area (Å²) in [4.78, 5) is 17.8. The highest BCUT2D eigenvalue weighted by Crippen LogP contribution is 2.46.